The van der Waals surface area contributed by atoms with Gasteiger partial charge in [-0.2, -0.15) is 0 Å². The molecule has 4 heteroatoms. The van der Waals surface area contributed by atoms with Crippen LogP contribution in [0.1, 0.15) is 27.8 Å². The number of aryl methyl sites for hydroxylation is 2. The van der Waals surface area contributed by atoms with Gasteiger partial charge in [0, 0.05) is 17.1 Å². The second-order valence-corrected chi connectivity index (χ2v) is 4.68. The number of hydrogen-bond acceptors (Lipinski definition) is 3. The van der Waals surface area contributed by atoms with Crippen LogP contribution >= 0.6 is 11.3 Å². The van der Waals surface area contributed by atoms with E-state index in [2.05, 4.69) is 4.98 Å². The van der Waals surface area contributed by atoms with Gasteiger partial charge < -0.3 is 5.11 Å². The van der Waals surface area contributed by atoms with Gasteiger partial charge in [-0.3, -0.25) is 0 Å². The molecule has 2 rings (SSSR count). The zero-order valence-corrected chi connectivity index (χ0v) is 9.88. The van der Waals surface area contributed by atoms with Crippen LogP contribution in [0.4, 0.5) is 4.39 Å². The van der Waals surface area contributed by atoms with Gasteiger partial charge in [0.05, 0.1) is 0 Å². The van der Waals surface area contributed by atoms with E-state index in [9.17, 15) is 9.50 Å². The molecule has 0 bridgehead atoms. The number of aromatic nitrogens is 1. The van der Waals surface area contributed by atoms with Crippen molar-refractivity contribution in [1.82, 2.24) is 4.98 Å². The molecule has 0 amide bonds. The Kier molecular flexibility index (Phi) is 3.03. The summed E-state index contributed by atoms with van der Waals surface area (Å²) >= 11 is 1.32. The van der Waals surface area contributed by atoms with Crippen molar-refractivity contribution in [1.29, 1.82) is 0 Å². The zero-order valence-electron chi connectivity index (χ0n) is 9.07. The third kappa shape index (κ3) is 1.99. The Balaban J connectivity index is 2.48. The number of rotatable bonds is 2. The average molecular weight is 237 g/mol. The van der Waals surface area contributed by atoms with Gasteiger partial charge >= 0.3 is 0 Å². The number of nitrogens with zero attached hydrogens (tertiary/aromatic N) is 1. The number of aliphatic hydroxyl groups excluding tert-OH is 1. The van der Waals surface area contributed by atoms with Crippen LogP contribution in [0, 0.1) is 19.7 Å². The molecule has 0 saturated heterocycles. The van der Waals surface area contributed by atoms with Crippen LogP contribution in [-0.2, 0) is 0 Å². The van der Waals surface area contributed by atoms with Gasteiger partial charge in [-0.05, 0) is 31.0 Å². The predicted octanol–water partition coefficient (Wildman–Crippen LogP) is 2.98. The van der Waals surface area contributed by atoms with E-state index >= 15 is 0 Å². The van der Waals surface area contributed by atoms with Gasteiger partial charge in [0.25, 0.3) is 0 Å². The Morgan fingerprint density at radius 3 is 2.69 bits per heavy atom. The van der Waals surface area contributed by atoms with Crippen LogP contribution in [-0.4, -0.2) is 10.1 Å². The lowest BCUT2D eigenvalue weighted by atomic mass is 10.0. The summed E-state index contributed by atoms with van der Waals surface area (Å²) in [5, 5.41) is 12.3. The lowest BCUT2D eigenvalue weighted by molar-refractivity contribution is 0.213. The fraction of sp³-hybridized carbons (Fsp3) is 0.250. The van der Waals surface area contributed by atoms with Crippen LogP contribution in [0.5, 0.6) is 0 Å². The number of benzene rings is 1. The van der Waals surface area contributed by atoms with E-state index in [4.69, 9.17) is 0 Å². The standard InChI is InChI=1S/C12H12FNOS/c1-7-5-8(2)10(9(13)6-7)11(15)12-14-3-4-16-12/h3-6,11,15H,1-2H3. The van der Waals surface area contributed by atoms with Crippen molar-refractivity contribution < 1.29 is 9.50 Å². The predicted molar refractivity (Wildman–Crippen MR) is 62.0 cm³/mol. The third-order valence-corrected chi connectivity index (χ3v) is 3.27. The van der Waals surface area contributed by atoms with Crippen LogP contribution in [0.15, 0.2) is 23.7 Å². The summed E-state index contributed by atoms with van der Waals surface area (Å²) in [6.07, 6.45) is 0.630. The molecule has 16 heavy (non-hydrogen) atoms. The van der Waals surface area contributed by atoms with Crippen molar-refractivity contribution in [3.63, 3.8) is 0 Å². The van der Waals surface area contributed by atoms with Gasteiger partial charge in [-0.15, -0.1) is 11.3 Å². The van der Waals surface area contributed by atoms with Gasteiger partial charge in [0.15, 0.2) is 0 Å². The number of aliphatic hydroxyl groups is 1. The van der Waals surface area contributed by atoms with Crippen LogP contribution in [0.25, 0.3) is 0 Å². The molecule has 1 heterocycles. The number of hydrogen-bond donors (Lipinski definition) is 1. The van der Waals surface area contributed by atoms with Gasteiger partial charge in [0.2, 0.25) is 0 Å². The lowest BCUT2D eigenvalue weighted by Gasteiger charge is -2.13. The Morgan fingerprint density at radius 1 is 1.38 bits per heavy atom. The maximum atomic E-state index is 13.8. The van der Waals surface area contributed by atoms with Gasteiger partial charge in [0.1, 0.15) is 16.9 Å². The molecule has 0 saturated carbocycles. The van der Waals surface area contributed by atoms with E-state index in [0.717, 1.165) is 11.1 Å². The topological polar surface area (TPSA) is 33.1 Å². The highest BCUT2D eigenvalue weighted by Crippen LogP contribution is 2.29. The van der Waals surface area contributed by atoms with Gasteiger partial charge in [-0.25, -0.2) is 9.37 Å². The first-order chi connectivity index (χ1) is 7.59. The minimum atomic E-state index is -0.972. The van der Waals surface area contributed by atoms with Crippen molar-refractivity contribution in [3.8, 4) is 0 Å². The van der Waals surface area contributed by atoms with Gasteiger partial charge in [-0.1, -0.05) is 6.07 Å². The van der Waals surface area contributed by atoms with Crippen molar-refractivity contribution in [2.24, 2.45) is 0 Å². The largest absolute Gasteiger partial charge is 0.381 e. The quantitative estimate of drug-likeness (QED) is 0.871. The van der Waals surface area contributed by atoms with Crippen molar-refractivity contribution in [2.45, 2.75) is 20.0 Å². The molecule has 84 valence electrons. The minimum absolute atomic E-state index is 0.320. The Bertz CT molecular complexity index is 473. The maximum absolute atomic E-state index is 13.8. The summed E-state index contributed by atoms with van der Waals surface area (Å²) < 4.78 is 13.8. The Hall–Kier alpha value is -1.26. The molecule has 1 aromatic heterocycles. The third-order valence-electron chi connectivity index (χ3n) is 2.44. The fourth-order valence-electron chi connectivity index (χ4n) is 1.77. The van der Waals surface area contributed by atoms with E-state index in [1.54, 1.807) is 18.5 Å². The first-order valence-electron chi connectivity index (χ1n) is 4.93. The Labute approximate surface area is 97.4 Å². The first-order valence-corrected chi connectivity index (χ1v) is 5.81. The summed E-state index contributed by atoms with van der Waals surface area (Å²) in [5.41, 5.74) is 1.92. The van der Waals surface area contributed by atoms with Crippen molar-refractivity contribution >= 4 is 11.3 Å². The molecule has 2 aromatic rings. The van der Waals surface area contributed by atoms with E-state index in [-0.39, 0.29) is 5.82 Å². The molecular formula is C12H12FNOS. The smallest absolute Gasteiger partial charge is 0.134 e. The fourth-order valence-corrected chi connectivity index (χ4v) is 2.40. The molecular weight excluding hydrogens is 225 g/mol. The second-order valence-electron chi connectivity index (χ2n) is 3.75. The summed E-state index contributed by atoms with van der Waals surface area (Å²) in [5.74, 6) is -0.375. The van der Waals surface area contributed by atoms with E-state index < -0.39 is 6.10 Å². The zero-order chi connectivity index (χ0) is 11.7. The monoisotopic (exact) mass is 237 g/mol. The van der Waals surface area contributed by atoms with Crippen LogP contribution < -0.4 is 0 Å². The maximum Gasteiger partial charge on any atom is 0.134 e. The van der Waals surface area contributed by atoms with E-state index in [0.29, 0.717) is 10.6 Å². The first kappa shape index (κ1) is 11.2. The molecule has 0 aliphatic rings. The molecule has 0 aliphatic heterocycles. The Morgan fingerprint density at radius 2 is 2.12 bits per heavy atom. The van der Waals surface area contributed by atoms with Crippen LogP contribution in [0.2, 0.25) is 0 Å². The molecule has 1 aromatic carbocycles. The highest BCUT2D eigenvalue weighted by atomic mass is 32.1. The highest BCUT2D eigenvalue weighted by Gasteiger charge is 2.19. The molecule has 1 atom stereocenters. The summed E-state index contributed by atoms with van der Waals surface area (Å²) in [7, 11) is 0. The molecule has 0 spiro atoms. The molecule has 1 unspecified atom stereocenters. The van der Waals surface area contributed by atoms with E-state index in [1.807, 2.05) is 13.0 Å². The molecule has 2 nitrogen and oxygen atoms in total. The number of halogens is 1. The summed E-state index contributed by atoms with van der Waals surface area (Å²) in [4.78, 5) is 4.00. The average Bonchev–Trinajstić information content (AvgIpc) is 2.67. The van der Waals surface area contributed by atoms with E-state index in [1.165, 1.54) is 17.4 Å². The molecule has 0 radical (unpaired) electrons. The van der Waals surface area contributed by atoms with Crippen molar-refractivity contribution in [2.75, 3.05) is 0 Å². The summed E-state index contributed by atoms with van der Waals surface area (Å²) in [6, 6.07) is 3.29. The number of thiazole rings is 1. The highest BCUT2D eigenvalue weighted by molar-refractivity contribution is 7.09. The normalized spacial score (nSPS) is 12.8. The molecule has 1 N–H and O–H groups in total. The minimum Gasteiger partial charge on any atom is -0.381 e. The van der Waals surface area contributed by atoms with Crippen LogP contribution in [0.3, 0.4) is 0 Å². The second kappa shape index (κ2) is 4.31. The lowest BCUT2D eigenvalue weighted by Crippen LogP contribution is -2.05. The summed E-state index contributed by atoms with van der Waals surface area (Å²) in [6.45, 7) is 3.62. The molecule has 0 aliphatic carbocycles. The SMILES string of the molecule is Cc1cc(C)c(C(O)c2nccs2)c(F)c1. The van der Waals surface area contributed by atoms with Crippen molar-refractivity contribution in [3.05, 3.63) is 51.2 Å². The molecule has 0 fully saturated rings.